The average molecular weight is 469 g/mol. The van der Waals surface area contributed by atoms with Crippen molar-refractivity contribution < 1.29 is 54.8 Å². The Morgan fingerprint density at radius 2 is 1.79 bits per heavy atom. The van der Waals surface area contributed by atoms with Crippen molar-refractivity contribution in [1.82, 2.24) is 4.57 Å². The van der Waals surface area contributed by atoms with Gasteiger partial charge in [-0.3, -0.25) is 4.79 Å². The summed E-state index contributed by atoms with van der Waals surface area (Å²) in [6.45, 7) is -0.914. The van der Waals surface area contributed by atoms with Crippen LogP contribution in [0, 0.1) is 0 Å². The summed E-state index contributed by atoms with van der Waals surface area (Å²) in [7, 11) is 0. The van der Waals surface area contributed by atoms with E-state index in [9.17, 15) is 40.5 Å². The second-order valence-electron chi connectivity index (χ2n) is 8.23. The molecule has 0 unspecified atom stereocenters. The summed E-state index contributed by atoms with van der Waals surface area (Å²) >= 11 is 0. The maximum atomic E-state index is 11.3. The third-order valence-corrected chi connectivity index (χ3v) is 6.03. The topological polar surface area (TPSA) is 191 Å². The number of carboxylic acids is 1. The van der Waals surface area contributed by atoms with Crippen LogP contribution >= 0.6 is 0 Å². The minimum atomic E-state index is -1.72. The number of fused-ring (bicyclic) bond motifs is 1. The van der Waals surface area contributed by atoms with E-state index in [-0.39, 0.29) is 13.0 Å². The molecule has 4 rings (SSSR count). The Hall–Kier alpha value is -2.13. The Kier molecular flexibility index (Phi) is 7.00. The highest BCUT2D eigenvalue weighted by Gasteiger charge is 2.49. The van der Waals surface area contributed by atoms with E-state index in [4.69, 9.17) is 14.2 Å². The van der Waals surface area contributed by atoms with E-state index in [0.29, 0.717) is 16.5 Å². The van der Waals surface area contributed by atoms with Crippen molar-refractivity contribution in [2.24, 2.45) is 0 Å². The number of rotatable bonds is 6. The first-order valence-electron chi connectivity index (χ1n) is 10.5. The molecule has 33 heavy (non-hydrogen) atoms. The molecular formula is C21H27NO11. The van der Waals surface area contributed by atoms with Gasteiger partial charge in [-0.25, -0.2) is 0 Å². The molecule has 12 nitrogen and oxygen atoms in total. The quantitative estimate of drug-likeness (QED) is 0.241. The zero-order valence-corrected chi connectivity index (χ0v) is 17.4. The smallest absolute Gasteiger partial charge is 0.307 e. The fraction of sp³-hybridized carbons (Fsp3) is 0.571. The lowest BCUT2D eigenvalue weighted by Crippen LogP contribution is -2.62. The molecule has 2 saturated heterocycles. The number of benzene rings is 1. The number of ether oxygens (including phenoxy) is 3. The van der Waals surface area contributed by atoms with Gasteiger partial charge in [0.05, 0.1) is 25.2 Å². The normalized spacial score (nSPS) is 37.3. The molecule has 0 spiro atoms. The first-order chi connectivity index (χ1) is 15.7. The number of aliphatic hydroxyl groups is 6. The van der Waals surface area contributed by atoms with Crippen molar-refractivity contribution in [1.29, 1.82) is 0 Å². The van der Waals surface area contributed by atoms with Crippen LogP contribution in [0.5, 0.6) is 0 Å². The molecule has 0 saturated carbocycles. The van der Waals surface area contributed by atoms with E-state index in [1.54, 1.807) is 35.0 Å². The molecule has 2 aliphatic rings. The highest BCUT2D eigenvalue weighted by molar-refractivity contribution is 5.87. The van der Waals surface area contributed by atoms with Crippen molar-refractivity contribution in [3.05, 3.63) is 36.0 Å². The number of aliphatic hydroxyl groups excluding tert-OH is 6. The van der Waals surface area contributed by atoms with Crippen LogP contribution in [0.4, 0.5) is 0 Å². The maximum absolute atomic E-state index is 11.3. The summed E-state index contributed by atoms with van der Waals surface area (Å²) in [5, 5.41) is 70.5. The van der Waals surface area contributed by atoms with Crippen LogP contribution in [0.15, 0.2) is 30.5 Å². The van der Waals surface area contributed by atoms with Crippen molar-refractivity contribution >= 4 is 16.9 Å². The third-order valence-electron chi connectivity index (χ3n) is 6.03. The van der Waals surface area contributed by atoms with Gasteiger partial charge in [-0.05, 0) is 11.6 Å². The molecule has 0 amide bonds. The van der Waals surface area contributed by atoms with Gasteiger partial charge in [0.25, 0.3) is 0 Å². The molecular weight excluding hydrogens is 442 g/mol. The van der Waals surface area contributed by atoms with Gasteiger partial charge >= 0.3 is 5.97 Å². The number of aromatic nitrogens is 1. The van der Waals surface area contributed by atoms with Gasteiger partial charge in [-0.1, -0.05) is 18.2 Å². The van der Waals surface area contributed by atoms with Crippen LogP contribution in [0.2, 0.25) is 0 Å². The second-order valence-corrected chi connectivity index (χ2v) is 8.23. The zero-order valence-electron chi connectivity index (χ0n) is 17.4. The van der Waals surface area contributed by atoms with E-state index in [2.05, 4.69) is 0 Å². The van der Waals surface area contributed by atoms with E-state index in [0.717, 1.165) is 0 Å². The number of hydrogen-bond acceptors (Lipinski definition) is 10. The van der Waals surface area contributed by atoms with Crippen LogP contribution in [-0.4, -0.2) is 109 Å². The number of nitrogens with zero attached hydrogens (tertiary/aromatic N) is 1. The molecule has 9 atom stereocenters. The highest BCUT2D eigenvalue weighted by atomic mass is 16.7. The van der Waals surface area contributed by atoms with Crippen LogP contribution < -0.4 is 0 Å². The minimum absolute atomic E-state index is 0.249. The average Bonchev–Trinajstić information content (AvgIpc) is 3.14. The van der Waals surface area contributed by atoms with Gasteiger partial charge in [0.2, 0.25) is 0 Å². The van der Waals surface area contributed by atoms with Gasteiger partial charge in [0.15, 0.2) is 12.5 Å². The fourth-order valence-electron chi connectivity index (χ4n) is 4.29. The van der Waals surface area contributed by atoms with Crippen LogP contribution in [-0.2, 0) is 25.4 Å². The zero-order chi connectivity index (χ0) is 23.9. The number of carbonyl (C=O) groups is 1. The van der Waals surface area contributed by atoms with E-state index >= 15 is 0 Å². The van der Waals surface area contributed by atoms with E-state index in [1.807, 2.05) is 0 Å². The van der Waals surface area contributed by atoms with Gasteiger partial charge < -0.3 is 54.5 Å². The summed E-state index contributed by atoms with van der Waals surface area (Å²) < 4.78 is 18.4. The lowest BCUT2D eigenvalue weighted by atomic mass is 9.98. The lowest BCUT2D eigenvalue weighted by molar-refractivity contribution is -0.341. The predicted octanol–water partition coefficient (Wildman–Crippen LogP) is -2.30. The largest absolute Gasteiger partial charge is 0.481 e. The number of hydrogen-bond donors (Lipinski definition) is 7. The molecule has 0 radical (unpaired) electrons. The van der Waals surface area contributed by atoms with Crippen LogP contribution in [0.25, 0.3) is 10.9 Å². The predicted molar refractivity (Wildman–Crippen MR) is 109 cm³/mol. The van der Waals surface area contributed by atoms with E-state index < -0.39 is 67.8 Å². The summed E-state index contributed by atoms with van der Waals surface area (Å²) in [6, 6.07) is 6.96. The Bertz CT molecular complexity index is 978. The monoisotopic (exact) mass is 469 g/mol. The summed E-state index contributed by atoms with van der Waals surface area (Å²) in [5.41, 5.74) is 1.08. The van der Waals surface area contributed by atoms with Gasteiger partial charge in [-0.15, -0.1) is 0 Å². The SMILES string of the molecule is O=C(O)Cc1cn([C@@H]2OC[C@H](O)[C@H](O)[C@H]2O[C@@H]2O[C@H](CO)[C@@H](O)[C@H](O)[C@H]2O)c2ccccc12. The number of aliphatic carboxylic acids is 1. The Labute approximate surface area is 187 Å². The molecule has 3 heterocycles. The molecule has 182 valence electrons. The number of carboxylic acid groups (broad SMARTS) is 1. The molecule has 1 aromatic carbocycles. The standard InChI is InChI=1S/C21H27NO11/c23-7-13-16(28)17(29)18(30)21(32-13)33-19-15(27)12(24)8-31-20(19)22-6-9(5-14(25)26)10-3-1-2-4-11(10)22/h1-4,6,12-13,15-21,23-24,27-30H,5,7-8H2,(H,25,26)/t12-,13+,15-,16+,17-,18+,19+,20+,21-/m0/s1. The summed E-state index contributed by atoms with van der Waals surface area (Å²) in [5.74, 6) is -1.04. The Morgan fingerprint density at radius 1 is 1.06 bits per heavy atom. The highest BCUT2D eigenvalue weighted by Crippen LogP contribution is 2.35. The van der Waals surface area contributed by atoms with Crippen LogP contribution in [0.1, 0.15) is 11.8 Å². The molecule has 2 aromatic rings. The maximum Gasteiger partial charge on any atom is 0.307 e. The fourth-order valence-corrected chi connectivity index (χ4v) is 4.29. The Balaban J connectivity index is 1.69. The van der Waals surface area contributed by atoms with Crippen molar-refractivity contribution in [3.8, 4) is 0 Å². The van der Waals surface area contributed by atoms with Crippen LogP contribution in [0.3, 0.4) is 0 Å². The molecule has 2 aliphatic heterocycles. The Morgan fingerprint density at radius 3 is 2.48 bits per heavy atom. The first-order valence-corrected chi connectivity index (χ1v) is 10.5. The summed E-state index contributed by atoms with van der Waals surface area (Å²) in [6.07, 6.45) is -11.8. The van der Waals surface area contributed by atoms with Crippen molar-refractivity contribution in [2.75, 3.05) is 13.2 Å². The minimum Gasteiger partial charge on any atom is -0.481 e. The number of para-hydroxylation sites is 1. The van der Waals surface area contributed by atoms with E-state index in [1.165, 1.54) is 0 Å². The molecule has 0 aliphatic carbocycles. The van der Waals surface area contributed by atoms with Crippen molar-refractivity contribution in [2.45, 2.75) is 61.7 Å². The first kappa shape index (κ1) is 24.0. The molecule has 1 aromatic heterocycles. The summed E-state index contributed by atoms with van der Waals surface area (Å²) in [4.78, 5) is 11.3. The van der Waals surface area contributed by atoms with Gasteiger partial charge in [0.1, 0.15) is 42.7 Å². The van der Waals surface area contributed by atoms with Crippen molar-refractivity contribution in [3.63, 3.8) is 0 Å². The molecule has 12 heteroatoms. The van der Waals surface area contributed by atoms with Gasteiger partial charge in [-0.2, -0.15) is 0 Å². The van der Waals surface area contributed by atoms with Gasteiger partial charge in [0, 0.05) is 11.6 Å². The second kappa shape index (κ2) is 9.62. The lowest BCUT2D eigenvalue weighted by Gasteiger charge is -2.44. The molecule has 7 N–H and O–H groups in total. The molecule has 2 fully saturated rings. The molecule has 0 bridgehead atoms. The third kappa shape index (κ3) is 4.49.